The number of amides is 2. The summed E-state index contributed by atoms with van der Waals surface area (Å²) in [7, 11) is 0. The molecule has 2 heterocycles. The number of fused-ring (bicyclic) bond motifs is 2. The van der Waals surface area contributed by atoms with Crippen LogP contribution in [-0.4, -0.2) is 40.3 Å². The van der Waals surface area contributed by atoms with Gasteiger partial charge in [0.15, 0.2) is 0 Å². The first-order valence-corrected chi connectivity index (χ1v) is 11.4. The van der Waals surface area contributed by atoms with Crippen LogP contribution in [0.1, 0.15) is 48.0 Å². The normalized spacial score (nSPS) is 23.0. The van der Waals surface area contributed by atoms with E-state index in [1.165, 1.54) is 17.4 Å². The summed E-state index contributed by atoms with van der Waals surface area (Å²) < 4.78 is 0. The summed E-state index contributed by atoms with van der Waals surface area (Å²) in [5.74, 6) is 0.413. The van der Waals surface area contributed by atoms with Gasteiger partial charge in [-0.25, -0.2) is 0 Å². The Morgan fingerprint density at radius 1 is 1.00 bits per heavy atom. The van der Waals surface area contributed by atoms with E-state index in [1.54, 1.807) is 0 Å². The lowest BCUT2D eigenvalue weighted by atomic mass is 9.84. The summed E-state index contributed by atoms with van der Waals surface area (Å²) in [5.41, 5.74) is 2.99. The van der Waals surface area contributed by atoms with Crippen molar-refractivity contribution >= 4 is 22.7 Å². The number of aromatic amines is 1. The van der Waals surface area contributed by atoms with Crippen molar-refractivity contribution in [3.05, 3.63) is 71.9 Å². The van der Waals surface area contributed by atoms with E-state index in [0.29, 0.717) is 18.0 Å². The Kier molecular flexibility index (Phi) is 5.49. The molecule has 3 atom stereocenters. The molecule has 1 aromatic heterocycles. The lowest BCUT2D eigenvalue weighted by molar-refractivity contribution is -0.125. The van der Waals surface area contributed by atoms with Crippen LogP contribution in [0.3, 0.4) is 0 Å². The topological polar surface area (TPSA) is 65.2 Å². The van der Waals surface area contributed by atoms with E-state index in [9.17, 15) is 9.59 Å². The number of hydrogen-bond donors (Lipinski definition) is 2. The molecule has 1 saturated heterocycles. The van der Waals surface area contributed by atoms with Crippen molar-refractivity contribution in [3.8, 4) is 0 Å². The second-order valence-electron chi connectivity index (χ2n) is 8.84. The average Bonchev–Trinajstić information content (AvgIpc) is 3.41. The molecule has 5 heteroatoms. The van der Waals surface area contributed by atoms with Crippen molar-refractivity contribution in [1.82, 2.24) is 15.2 Å². The van der Waals surface area contributed by atoms with Crippen molar-refractivity contribution in [2.45, 2.75) is 50.6 Å². The minimum atomic E-state index is -0.372. The number of rotatable bonds is 5. The van der Waals surface area contributed by atoms with Gasteiger partial charge in [0.25, 0.3) is 5.91 Å². The van der Waals surface area contributed by atoms with Crippen molar-refractivity contribution in [2.75, 3.05) is 6.54 Å². The fourth-order valence-electron chi connectivity index (χ4n) is 5.49. The van der Waals surface area contributed by atoms with E-state index in [4.69, 9.17) is 0 Å². The lowest BCUT2D eigenvalue weighted by Crippen LogP contribution is -2.49. The molecule has 2 amide bonds. The highest BCUT2D eigenvalue weighted by Crippen LogP contribution is 2.40. The first kappa shape index (κ1) is 19.9. The van der Waals surface area contributed by atoms with E-state index < -0.39 is 0 Å². The zero-order chi connectivity index (χ0) is 21.2. The second-order valence-corrected chi connectivity index (χ2v) is 8.84. The zero-order valence-corrected chi connectivity index (χ0v) is 17.7. The smallest absolute Gasteiger partial charge is 0.254 e. The van der Waals surface area contributed by atoms with Gasteiger partial charge in [0.05, 0.1) is 0 Å². The van der Waals surface area contributed by atoms with E-state index in [1.807, 2.05) is 53.6 Å². The number of benzene rings is 2. The van der Waals surface area contributed by atoms with Crippen molar-refractivity contribution in [3.63, 3.8) is 0 Å². The van der Waals surface area contributed by atoms with Crippen LogP contribution < -0.4 is 5.32 Å². The monoisotopic (exact) mass is 415 g/mol. The van der Waals surface area contributed by atoms with E-state index >= 15 is 0 Å². The highest BCUT2D eigenvalue weighted by Gasteiger charge is 2.47. The predicted octanol–water partition coefficient (Wildman–Crippen LogP) is 4.30. The van der Waals surface area contributed by atoms with E-state index in [0.717, 1.165) is 37.6 Å². The Bertz CT molecular complexity index is 1070. The van der Waals surface area contributed by atoms with Crippen LogP contribution in [-0.2, 0) is 11.2 Å². The molecule has 1 aliphatic carbocycles. The van der Waals surface area contributed by atoms with Gasteiger partial charge in [-0.3, -0.25) is 9.59 Å². The molecular weight excluding hydrogens is 386 g/mol. The minimum Gasteiger partial charge on any atom is -0.361 e. The first-order chi connectivity index (χ1) is 15.2. The van der Waals surface area contributed by atoms with Crippen molar-refractivity contribution in [2.24, 2.45) is 5.92 Å². The fourth-order valence-corrected chi connectivity index (χ4v) is 5.49. The lowest BCUT2D eigenvalue weighted by Gasteiger charge is -2.33. The summed E-state index contributed by atoms with van der Waals surface area (Å²) in [6.07, 6.45) is 8.01. The molecule has 31 heavy (non-hydrogen) atoms. The van der Waals surface area contributed by atoms with E-state index in [-0.39, 0.29) is 23.9 Å². The summed E-state index contributed by atoms with van der Waals surface area (Å²) in [6, 6.07) is 17.4. The van der Waals surface area contributed by atoms with Crippen LogP contribution >= 0.6 is 0 Å². The maximum atomic E-state index is 13.4. The molecule has 3 unspecified atom stereocenters. The van der Waals surface area contributed by atoms with Gasteiger partial charge >= 0.3 is 0 Å². The number of carbonyl (C=O) groups excluding carboxylic acids is 2. The standard InChI is InChI=1S/C26H29N3O2/c30-25(27-15-14-20-17-28-22-12-6-5-11-21(20)22)24-16-19-10-4-7-13-23(19)29(24)26(31)18-8-2-1-3-9-18/h1-3,5-6,8-9,11-12,17,19,23-24,28H,4,7,10,13-16H2,(H,27,30). The highest BCUT2D eigenvalue weighted by molar-refractivity contribution is 5.98. The third-order valence-electron chi connectivity index (χ3n) is 7.01. The van der Waals surface area contributed by atoms with Crippen LogP contribution in [0, 0.1) is 5.92 Å². The molecule has 1 aliphatic heterocycles. The number of carbonyl (C=O) groups is 2. The second kappa shape index (κ2) is 8.58. The summed E-state index contributed by atoms with van der Waals surface area (Å²) in [6.45, 7) is 0.569. The Balaban J connectivity index is 1.29. The number of likely N-dealkylation sites (tertiary alicyclic amines) is 1. The summed E-state index contributed by atoms with van der Waals surface area (Å²) in [4.78, 5) is 31.8. The summed E-state index contributed by atoms with van der Waals surface area (Å²) >= 11 is 0. The van der Waals surface area contributed by atoms with E-state index in [2.05, 4.69) is 22.4 Å². The third-order valence-corrected chi connectivity index (χ3v) is 7.01. The van der Waals surface area contributed by atoms with Gasteiger partial charge in [-0.05, 0) is 55.4 Å². The molecule has 2 N–H and O–H groups in total. The Hall–Kier alpha value is -3.08. The molecule has 160 valence electrons. The molecular formula is C26H29N3O2. The van der Waals surface area contributed by atoms with Crippen LogP contribution in [0.15, 0.2) is 60.8 Å². The van der Waals surface area contributed by atoms with Gasteiger partial charge in [-0.1, -0.05) is 49.2 Å². The van der Waals surface area contributed by atoms with Gasteiger partial charge in [-0.15, -0.1) is 0 Å². The molecule has 1 saturated carbocycles. The third kappa shape index (κ3) is 3.85. The Morgan fingerprint density at radius 3 is 2.65 bits per heavy atom. The van der Waals surface area contributed by atoms with Gasteiger partial charge in [0, 0.05) is 35.2 Å². The van der Waals surface area contributed by atoms with Gasteiger partial charge < -0.3 is 15.2 Å². The molecule has 0 spiro atoms. The maximum Gasteiger partial charge on any atom is 0.254 e. The van der Waals surface area contributed by atoms with Crippen LogP contribution in [0.25, 0.3) is 10.9 Å². The fraction of sp³-hybridized carbons (Fsp3) is 0.385. The maximum absolute atomic E-state index is 13.4. The highest BCUT2D eigenvalue weighted by atomic mass is 16.2. The Morgan fingerprint density at radius 2 is 1.77 bits per heavy atom. The van der Waals surface area contributed by atoms with Crippen molar-refractivity contribution in [1.29, 1.82) is 0 Å². The SMILES string of the molecule is O=C(NCCc1c[nH]c2ccccc12)C1CC2CCCCC2N1C(=O)c1ccccc1. The Labute approximate surface area is 182 Å². The molecule has 0 bridgehead atoms. The molecule has 3 aromatic rings. The first-order valence-electron chi connectivity index (χ1n) is 11.4. The van der Waals surface area contributed by atoms with Crippen LogP contribution in [0.4, 0.5) is 0 Å². The molecule has 5 rings (SSSR count). The van der Waals surface area contributed by atoms with Gasteiger partial charge in [-0.2, -0.15) is 0 Å². The number of nitrogens with one attached hydrogen (secondary N) is 2. The average molecular weight is 416 g/mol. The van der Waals surface area contributed by atoms with Gasteiger partial charge in [0.1, 0.15) is 6.04 Å². The number of nitrogens with zero attached hydrogens (tertiary/aromatic N) is 1. The predicted molar refractivity (Wildman–Crippen MR) is 122 cm³/mol. The molecule has 2 fully saturated rings. The minimum absolute atomic E-state index is 0.00761. The quantitative estimate of drug-likeness (QED) is 0.653. The molecule has 2 aliphatic rings. The molecule has 2 aromatic carbocycles. The number of aromatic nitrogens is 1. The summed E-state index contributed by atoms with van der Waals surface area (Å²) in [5, 5.41) is 4.33. The largest absolute Gasteiger partial charge is 0.361 e. The number of para-hydroxylation sites is 1. The van der Waals surface area contributed by atoms with Crippen LogP contribution in [0.5, 0.6) is 0 Å². The zero-order valence-electron chi connectivity index (χ0n) is 17.7. The molecule has 5 nitrogen and oxygen atoms in total. The molecule has 0 radical (unpaired) electrons. The van der Waals surface area contributed by atoms with Crippen molar-refractivity contribution < 1.29 is 9.59 Å². The van der Waals surface area contributed by atoms with Crippen LogP contribution in [0.2, 0.25) is 0 Å². The number of H-pyrrole nitrogens is 1. The van der Waals surface area contributed by atoms with Gasteiger partial charge in [0.2, 0.25) is 5.91 Å². The number of hydrogen-bond acceptors (Lipinski definition) is 2.